The summed E-state index contributed by atoms with van der Waals surface area (Å²) in [6.45, 7) is 0.760. The summed E-state index contributed by atoms with van der Waals surface area (Å²) in [7, 11) is 1.81. The number of amides is 1. The Kier molecular flexibility index (Phi) is 3.43. The first-order chi connectivity index (χ1) is 9.65. The van der Waals surface area contributed by atoms with Gasteiger partial charge in [0.15, 0.2) is 5.13 Å². The van der Waals surface area contributed by atoms with Crippen molar-refractivity contribution in [3.8, 4) is 0 Å². The molecular weight excluding hydrogens is 274 g/mol. The van der Waals surface area contributed by atoms with Crippen LogP contribution in [0.4, 0.5) is 5.13 Å². The van der Waals surface area contributed by atoms with E-state index in [0.717, 1.165) is 31.5 Å². The van der Waals surface area contributed by atoms with Crippen LogP contribution in [0, 0.1) is 0 Å². The average Bonchev–Trinajstić information content (AvgIpc) is 3.07. The number of likely N-dealkylation sites (tertiary alicyclic amines) is 1. The number of hydrogen-bond acceptors (Lipinski definition) is 5. The van der Waals surface area contributed by atoms with Crippen molar-refractivity contribution in [3.05, 3.63) is 29.0 Å². The molecule has 0 radical (unpaired) electrons. The van der Waals surface area contributed by atoms with Crippen LogP contribution < -0.4 is 5.73 Å². The zero-order chi connectivity index (χ0) is 14.1. The molecule has 20 heavy (non-hydrogen) atoms. The van der Waals surface area contributed by atoms with Crippen LogP contribution in [0.15, 0.2) is 17.8 Å². The Morgan fingerprint density at radius 2 is 2.35 bits per heavy atom. The molecule has 2 N–H and O–H groups in total. The molecule has 1 unspecified atom stereocenters. The minimum Gasteiger partial charge on any atom is -0.375 e. The molecule has 106 valence electrons. The van der Waals surface area contributed by atoms with Crippen molar-refractivity contribution >= 4 is 22.4 Å². The number of carbonyl (C=O) groups excluding carboxylic acids is 1. The lowest BCUT2D eigenvalue weighted by atomic mass is 9.99. The van der Waals surface area contributed by atoms with Crippen LogP contribution in [0.5, 0.6) is 0 Å². The van der Waals surface area contributed by atoms with Gasteiger partial charge in [-0.15, -0.1) is 11.3 Å². The standard InChI is InChI=1S/C13H17N5OS/c1-17-7-9(6-15-17)12(19)18-5-3-2-4-11(18)10-8-20-13(14)16-10/h6-8,11H,2-5H2,1H3,(H2,14,16). The number of aromatic nitrogens is 3. The third kappa shape index (κ3) is 2.40. The van der Waals surface area contributed by atoms with E-state index in [1.165, 1.54) is 11.3 Å². The number of nitrogens with zero attached hydrogens (tertiary/aromatic N) is 4. The van der Waals surface area contributed by atoms with Crippen molar-refractivity contribution in [3.63, 3.8) is 0 Å². The number of nitrogen functional groups attached to an aromatic ring is 1. The van der Waals surface area contributed by atoms with Gasteiger partial charge in [0.2, 0.25) is 0 Å². The van der Waals surface area contributed by atoms with Gasteiger partial charge in [0.25, 0.3) is 5.91 Å². The number of thiazole rings is 1. The average molecular weight is 291 g/mol. The number of rotatable bonds is 2. The number of anilines is 1. The van der Waals surface area contributed by atoms with E-state index in [1.54, 1.807) is 17.1 Å². The topological polar surface area (TPSA) is 77.0 Å². The van der Waals surface area contributed by atoms with Crippen LogP contribution in [0.25, 0.3) is 0 Å². The molecule has 3 heterocycles. The predicted octanol–water partition coefficient (Wildman–Crippen LogP) is 1.83. The van der Waals surface area contributed by atoms with Gasteiger partial charge < -0.3 is 10.6 Å². The predicted molar refractivity (Wildman–Crippen MR) is 77.4 cm³/mol. The second kappa shape index (κ2) is 5.24. The fourth-order valence-corrected chi connectivity index (χ4v) is 3.24. The Bertz CT molecular complexity index is 620. The van der Waals surface area contributed by atoms with Crippen molar-refractivity contribution in [2.24, 2.45) is 7.05 Å². The number of aryl methyl sites for hydroxylation is 1. The Morgan fingerprint density at radius 1 is 1.50 bits per heavy atom. The van der Waals surface area contributed by atoms with E-state index in [2.05, 4.69) is 10.1 Å². The molecule has 1 saturated heterocycles. The van der Waals surface area contributed by atoms with Crippen LogP contribution in [0.2, 0.25) is 0 Å². The van der Waals surface area contributed by atoms with Crippen molar-refractivity contribution in [2.75, 3.05) is 12.3 Å². The highest BCUT2D eigenvalue weighted by Gasteiger charge is 2.30. The lowest BCUT2D eigenvalue weighted by Gasteiger charge is -2.34. The van der Waals surface area contributed by atoms with Crippen LogP contribution in [-0.2, 0) is 7.05 Å². The third-order valence-electron chi connectivity index (χ3n) is 3.60. The van der Waals surface area contributed by atoms with E-state index in [-0.39, 0.29) is 11.9 Å². The lowest BCUT2D eigenvalue weighted by molar-refractivity contribution is 0.0607. The first-order valence-electron chi connectivity index (χ1n) is 6.65. The molecule has 1 atom stereocenters. The number of nitrogens with two attached hydrogens (primary N) is 1. The zero-order valence-electron chi connectivity index (χ0n) is 11.3. The Balaban J connectivity index is 1.87. The largest absolute Gasteiger partial charge is 0.375 e. The van der Waals surface area contributed by atoms with Crippen LogP contribution in [0.1, 0.15) is 41.4 Å². The fraction of sp³-hybridized carbons (Fsp3) is 0.462. The molecule has 0 aromatic carbocycles. The van der Waals surface area contributed by atoms with Gasteiger partial charge in [-0.2, -0.15) is 5.10 Å². The number of carbonyl (C=O) groups is 1. The van der Waals surface area contributed by atoms with Gasteiger partial charge in [-0.1, -0.05) is 0 Å². The molecule has 6 nitrogen and oxygen atoms in total. The van der Waals surface area contributed by atoms with Gasteiger partial charge in [0.1, 0.15) is 0 Å². The molecule has 0 bridgehead atoms. The van der Waals surface area contributed by atoms with Crippen molar-refractivity contribution in [1.82, 2.24) is 19.7 Å². The van der Waals surface area contributed by atoms with Gasteiger partial charge in [-0.25, -0.2) is 4.98 Å². The minimum absolute atomic E-state index is 0.0226. The summed E-state index contributed by atoms with van der Waals surface area (Å²) in [5, 5.41) is 6.58. The number of piperidine rings is 1. The first-order valence-corrected chi connectivity index (χ1v) is 7.53. The summed E-state index contributed by atoms with van der Waals surface area (Å²) in [4.78, 5) is 18.9. The maximum atomic E-state index is 12.6. The Hall–Kier alpha value is -1.89. The van der Waals surface area contributed by atoms with Crippen molar-refractivity contribution in [1.29, 1.82) is 0 Å². The van der Waals surface area contributed by atoms with Crippen LogP contribution >= 0.6 is 11.3 Å². The summed E-state index contributed by atoms with van der Waals surface area (Å²) < 4.78 is 1.65. The highest BCUT2D eigenvalue weighted by molar-refractivity contribution is 7.13. The zero-order valence-corrected chi connectivity index (χ0v) is 12.1. The molecule has 1 aliphatic rings. The summed E-state index contributed by atoms with van der Waals surface area (Å²) in [5.41, 5.74) is 7.25. The van der Waals surface area contributed by atoms with Crippen LogP contribution in [0.3, 0.4) is 0 Å². The van der Waals surface area contributed by atoms with E-state index < -0.39 is 0 Å². The van der Waals surface area contributed by atoms with Gasteiger partial charge in [0, 0.05) is 25.2 Å². The van der Waals surface area contributed by atoms with Crippen molar-refractivity contribution < 1.29 is 4.79 Å². The number of hydrogen-bond donors (Lipinski definition) is 1. The summed E-state index contributed by atoms with van der Waals surface area (Å²) in [6.07, 6.45) is 6.45. The van der Waals surface area contributed by atoms with E-state index >= 15 is 0 Å². The van der Waals surface area contributed by atoms with Gasteiger partial charge in [-0.3, -0.25) is 9.48 Å². The second-order valence-electron chi connectivity index (χ2n) is 5.02. The SMILES string of the molecule is Cn1cc(C(=O)N2CCCCC2c2csc(N)n2)cn1. The highest BCUT2D eigenvalue weighted by Crippen LogP contribution is 2.33. The maximum Gasteiger partial charge on any atom is 0.257 e. The molecule has 0 aliphatic carbocycles. The van der Waals surface area contributed by atoms with E-state index in [4.69, 9.17) is 5.73 Å². The van der Waals surface area contributed by atoms with Gasteiger partial charge in [0.05, 0.1) is 23.5 Å². The molecule has 3 rings (SSSR count). The van der Waals surface area contributed by atoms with E-state index in [9.17, 15) is 4.79 Å². The molecule has 1 aliphatic heterocycles. The Morgan fingerprint density at radius 3 is 3.00 bits per heavy atom. The molecule has 7 heteroatoms. The fourth-order valence-electron chi connectivity index (χ4n) is 2.63. The highest BCUT2D eigenvalue weighted by atomic mass is 32.1. The van der Waals surface area contributed by atoms with Gasteiger partial charge >= 0.3 is 0 Å². The summed E-state index contributed by atoms with van der Waals surface area (Å²) >= 11 is 1.42. The molecule has 0 spiro atoms. The normalized spacial score (nSPS) is 19.2. The molecule has 1 fully saturated rings. The molecule has 1 amide bonds. The lowest BCUT2D eigenvalue weighted by Crippen LogP contribution is -2.38. The Labute approximate surface area is 121 Å². The monoisotopic (exact) mass is 291 g/mol. The summed E-state index contributed by atoms with van der Waals surface area (Å²) in [6, 6.07) is 0.0324. The molecule has 2 aromatic rings. The maximum absolute atomic E-state index is 12.6. The quantitative estimate of drug-likeness (QED) is 0.915. The second-order valence-corrected chi connectivity index (χ2v) is 5.91. The van der Waals surface area contributed by atoms with Crippen LogP contribution in [-0.4, -0.2) is 32.1 Å². The van der Waals surface area contributed by atoms with E-state index in [1.807, 2.05) is 17.3 Å². The molecule has 2 aromatic heterocycles. The van der Waals surface area contributed by atoms with Crippen molar-refractivity contribution in [2.45, 2.75) is 25.3 Å². The van der Waals surface area contributed by atoms with E-state index in [0.29, 0.717) is 10.7 Å². The third-order valence-corrected chi connectivity index (χ3v) is 4.29. The molecular formula is C13H17N5OS. The minimum atomic E-state index is 0.0226. The first kappa shape index (κ1) is 13.1. The smallest absolute Gasteiger partial charge is 0.257 e. The summed E-state index contributed by atoms with van der Waals surface area (Å²) in [5.74, 6) is 0.0226. The van der Waals surface area contributed by atoms with Gasteiger partial charge in [-0.05, 0) is 19.3 Å². The molecule has 0 saturated carbocycles.